The summed E-state index contributed by atoms with van der Waals surface area (Å²) in [5.41, 5.74) is 1.40. The van der Waals surface area contributed by atoms with Gasteiger partial charge < -0.3 is 15.4 Å². The number of para-hydroxylation sites is 1. The normalized spacial score (nSPS) is 17.4. The van der Waals surface area contributed by atoms with E-state index in [9.17, 15) is 9.59 Å². The summed E-state index contributed by atoms with van der Waals surface area (Å²) in [7, 11) is 0. The van der Waals surface area contributed by atoms with Crippen LogP contribution in [0.5, 0.6) is 5.75 Å². The number of anilines is 1. The van der Waals surface area contributed by atoms with E-state index in [1.807, 2.05) is 54.6 Å². The van der Waals surface area contributed by atoms with E-state index in [4.69, 9.17) is 4.74 Å². The molecule has 1 fully saturated rings. The third kappa shape index (κ3) is 6.91. The van der Waals surface area contributed by atoms with E-state index in [-0.39, 0.29) is 18.2 Å². The average molecular weight is 426 g/mol. The molecule has 0 saturated carbocycles. The van der Waals surface area contributed by atoms with Gasteiger partial charge in [0, 0.05) is 12.1 Å². The number of benzene rings is 2. The minimum atomic E-state index is -0.532. The topological polar surface area (TPSA) is 79.8 Å². The highest BCUT2D eigenvalue weighted by molar-refractivity contribution is 8.15. The second-order valence-electron chi connectivity index (χ2n) is 7.03. The molecule has 1 atom stereocenters. The molecule has 0 radical (unpaired) electrons. The van der Waals surface area contributed by atoms with Crippen molar-refractivity contribution in [2.24, 2.45) is 4.99 Å². The summed E-state index contributed by atoms with van der Waals surface area (Å²) < 4.78 is 5.73. The second kappa shape index (κ2) is 11.4. The molecule has 158 valence electrons. The molecule has 1 aliphatic heterocycles. The first-order valence-corrected chi connectivity index (χ1v) is 11.2. The van der Waals surface area contributed by atoms with E-state index in [0.717, 1.165) is 17.9 Å². The first kappa shape index (κ1) is 21.9. The van der Waals surface area contributed by atoms with Crippen LogP contribution in [-0.4, -0.2) is 28.8 Å². The Kier molecular flexibility index (Phi) is 8.32. The molecule has 0 aliphatic carbocycles. The molecule has 0 bridgehead atoms. The first-order chi connectivity index (χ1) is 14.6. The summed E-state index contributed by atoms with van der Waals surface area (Å²) in [6, 6.07) is 16.6. The molecular weight excluding hydrogens is 398 g/mol. The van der Waals surface area contributed by atoms with Gasteiger partial charge in [0.1, 0.15) is 11.0 Å². The number of nitrogens with one attached hydrogen (secondary N) is 2. The van der Waals surface area contributed by atoms with Gasteiger partial charge in [0.2, 0.25) is 11.8 Å². The number of thioether (sulfide) groups is 1. The van der Waals surface area contributed by atoms with E-state index >= 15 is 0 Å². The highest BCUT2D eigenvalue weighted by atomic mass is 32.2. The van der Waals surface area contributed by atoms with Gasteiger partial charge in [-0.05, 0) is 42.8 Å². The number of carbonyl (C=O) groups is 2. The van der Waals surface area contributed by atoms with Crippen molar-refractivity contribution >= 4 is 40.1 Å². The molecule has 3 rings (SSSR count). The highest BCUT2D eigenvalue weighted by Crippen LogP contribution is 2.25. The van der Waals surface area contributed by atoms with Crippen molar-refractivity contribution in [2.45, 2.75) is 44.3 Å². The second-order valence-corrected chi connectivity index (χ2v) is 8.23. The van der Waals surface area contributed by atoms with Gasteiger partial charge in [-0.2, -0.15) is 0 Å². The van der Waals surface area contributed by atoms with Gasteiger partial charge in [0.15, 0.2) is 5.17 Å². The van der Waals surface area contributed by atoms with Gasteiger partial charge in [-0.15, -0.1) is 0 Å². The molecule has 2 N–H and O–H groups in total. The van der Waals surface area contributed by atoms with E-state index in [1.54, 1.807) is 0 Å². The van der Waals surface area contributed by atoms with Crippen LogP contribution in [0.25, 0.3) is 0 Å². The van der Waals surface area contributed by atoms with Gasteiger partial charge >= 0.3 is 0 Å². The lowest BCUT2D eigenvalue weighted by atomic mass is 10.2. The number of ether oxygens (including phenoxy) is 1. The summed E-state index contributed by atoms with van der Waals surface area (Å²) >= 11 is 1.26. The summed E-state index contributed by atoms with van der Waals surface area (Å²) in [6.45, 7) is 2.88. The molecule has 0 aromatic heterocycles. The van der Waals surface area contributed by atoms with Crippen LogP contribution in [-0.2, 0) is 9.59 Å². The predicted molar refractivity (Wildman–Crippen MR) is 122 cm³/mol. The zero-order chi connectivity index (χ0) is 21.2. The number of amidine groups is 1. The number of unbranched alkanes of at least 4 members (excludes halogenated alkanes) is 3. The Morgan fingerprint density at radius 2 is 1.90 bits per heavy atom. The maximum atomic E-state index is 12.7. The maximum absolute atomic E-state index is 12.7. The molecule has 0 spiro atoms. The van der Waals surface area contributed by atoms with Gasteiger partial charge in [-0.1, -0.05) is 56.1 Å². The Balaban J connectivity index is 1.53. The SMILES string of the molecule is CCCCCCOc1ccc(NC(=O)C2CC(=O)NC(=Nc3ccccc3)S2)cc1. The molecule has 2 amide bonds. The van der Waals surface area contributed by atoms with Crippen LogP contribution in [0.2, 0.25) is 0 Å². The smallest absolute Gasteiger partial charge is 0.238 e. The molecule has 30 heavy (non-hydrogen) atoms. The number of aliphatic imine (C=N–C) groups is 1. The van der Waals surface area contributed by atoms with Crippen LogP contribution < -0.4 is 15.4 Å². The summed E-state index contributed by atoms with van der Waals surface area (Å²) in [5.74, 6) is 0.354. The number of carbonyl (C=O) groups excluding carboxylic acids is 2. The minimum absolute atomic E-state index is 0.114. The van der Waals surface area contributed by atoms with Crippen molar-refractivity contribution < 1.29 is 14.3 Å². The lowest BCUT2D eigenvalue weighted by molar-refractivity contribution is -0.123. The van der Waals surface area contributed by atoms with E-state index < -0.39 is 5.25 Å². The van der Waals surface area contributed by atoms with Crippen LogP contribution >= 0.6 is 11.8 Å². The molecule has 1 saturated heterocycles. The Morgan fingerprint density at radius 3 is 2.63 bits per heavy atom. The van der Waals surface area contributed by atoms with Crippen LogP contribution in [0, 0.1) is 0 Å². The maximum Gasteiger partial charge on any atom is 0.238 e. The first-order valence-electron chi connectivity index (χ1n) is 10.3. The lowest BCUT2D eigenvalue weighted by Crippen LogP contribution is -2.41. The standard InChI is InChI=1S/C23H27N3O3S/c1-2-3-4-8-15-29-19-13-11-18(12-14-19)24-22(28)20-16-21(27)26-23(30-20)25-17-9-6-5-7-10-17/h5-7,9-14,20H,2-4,8,15-16H2,1H3,(H,24,28)(H,25,26,27). The lowest BCUT2D eigenvalue weighted by Gasteiger charge is -2.22. The van der Waals surface area contributed by atoms with Crippen LogP contribution in [0.15, 0.2) is 59.6 Å². The number of nitrogens with zero attached hydrogens (tertiary/aromatic N) is 1. The Morgan fingerprint density at radius 1 is 1.13 bits per heavy atom. The summed E-state index contributed by atoms with van der Waals surface area (Å²) in [5, 5.41) is 5.51. The van der Waals surface area contributed by atoms with Gasteiger partial charge in [-0.25, -0.2) is 4.99 Å². The predicted octanol–water partition coefficient (Wildman–Crippen LogP) is 4.89. The van der Waals surface area contributed by atoms with Crippen LogP contribution in [0.4, 0.5) is 11.4 Å². The molecule has 2 aromatic rings. The molecule has 1 aliphatic rings. The molecule has 6 nitrogen and oxygen atoms in total. The molecular formula is C23H27N3O3S. The van der Waals surface area contributed by atoms with Crippen LogP contribution in [0.3, 0.4) is 0 Å². The summed E-state index contributed by atoms with van der Waals surface area (Å²) in [6.07, 6.45) is 4.76. The van der Waals surface area contributed by atoms with Gasteiger partial charge in [0.25, 0.3) is 0 Å². The van der Waals surface area contributed by atoms with E-state index in [0.29, 0.717) is 17.5 Å². The highest BCUT2D eigenvalue weighted by Gasteiger charge is 2.30. The van der Waals surface area contributed by atoms with Crippen molar-refractivity contribution in [1.82, 2.24) is 5.32 Å². The Bertz CT molecular complexity index is 869. The van der Waals surface area contributed by atoms with Crippen LogP contribution in [0.1, 0.15) is 39.0 Å². The number of hydrogen-bond donors (Lipinski definition) is 2. The van der Waals surface area contributed by atoms with Crippen molar-refractivity contribution in [2.75, 3.05) is 11.9 Å². The Hall–Kier alpha value is -2.80. The molecule has 1 unspecified atom stereocenters. The quantitative estimate of drug-likeness (QED) is 0.561. The Labute approximate surface area is 181 Å². The largest absolute Gasteiger partial charge is 0.494 e. The molecule has 2 aromatic carbocycles. The number of rotatable bonds is 9. The van der Waals surface area contributed by atoms with E-state index in [1.165, 1.54) is 31.0 Å². The van der Waals surface area contributed by atoms with Crippen molar-refractivity contribution in [3.05, 3.63) is 54.6 Å². The minimum Gasteiger partial charge on any atom is -0.494 e. The van der Waals surface area contributed by atoms with Gasteiger partial charge in [0.05, 0.1) is 12.3 Å². The van der Waals surface area contributed by atoms with Gasteiger partial charge in [-0.3, -0.25) is 9.59 Å². The third-order valence-electron chi connectivity index (χ3n) is 4.54. The van der Waals surface area contributed by atoms with Crippen molar-refractivity contribution in [3.8, 4) is 5.75 Å². The average Bonchev–Trinajstić information content (AvgIpc) is 2.75. The van der Waals surface area contributed by atoms with Crippen molar-refractivity contribution in [3.63, 3.8) is 0 Å². The third-order valence-corrected chi connectivity index (χ3v) is 5.62. The van der Waals surface area contributed by atoms with E-state index in [2.05, 4.69) is 22.5 Å². The molecule has 1 heterocycles. The molecule has 7 heteroatoms. The fourth-order valence-electron chi connectivity index (χ4n) is 2.94. The number of hydrogen-bond acceptors (Lipinski definition) is 5. The zero-order valence-corrected chi connectivity index (χ0v) is 17.9. The van der Waals surface area contributed by atoms with Crippen molar-refractivity contribution in [1.29, 1.82) is 0 Å². The summed E-state index contributed by atoms with van der Waals surface area (Å²) in [4.78, 5) is 29.1. The zero-order valence-electron chi connectivity index (χ0n) is 17.1. The fraction of sp³-hybridized carbons (Fsp3) is 0.348. The number of amides is 2. The monoisotopic (exact) mass is 425 g/mol. The fourth-order valence-corrected chi connectivity index (χ4v) is 3.94.